The van der Waals surface area contributed by atoms with E-state index in [9.17, 15) is 9.59 Å². The van der Waals surface area contributed by atoms with Crippen molar-refractivity contribution in [1.29, 1.82) is 0 Å². The number of carboxylic acid groups (broad SMARTS) is 1. The van der Waals surface area contributed by atoms with Crippen molar-refractivity contribution >= 4 is 18.0 Å². The van der Waals surface area contributed by atoms with Gasteiger partial charge in [-0.1, -0.05) is 13.3 Å². The second-order valence-electron chi connectivity index (χ2n) is 4.93. The van der Waals surface area contributed by atoms with Crippen LogP contribution in [0.1, 0.15) is 38.9 Å². The van der Waals surface area contributed by atoms with Crippen molar-refractivity contribution < 1.29 is 19.1 Å². The quantitative estimate of drug-likeness (QED) is 0.717. The molecule has 5 heteroatoms. The number of hydrogen-bond donors (Lipinski definition) is 2. The van der Waals surface area contributed by atoms with Crippen molar-refractivity contribution in [2.24, 2.45) is 5.92 Å². The van der Waals surface area contributed by atoms with Crippen molar-refractivity contribution in [1.82, 2.24) is 5.32 Å². The molecule has 0 aliphatic heterocycles. The summed E-state index contributed by atoms with van der Waals surface area (Å²) in [6.45, 7) is 3.60. The third-order valence-corrected chi connectivity index (χ3v) is 3.03. The van der Waals surface area contributed by atoms with Crippen LogP contribution in [0.25, 0.3) is 6.08 Å². The number of amides is 1. The summed E-state index contributed by atoms with van der Waals surface area (Å²) in [6.07, 6.45) is 6.74. The van der Waals surface area contributed by atoms with Gasteiger partial charge in [-0.05, 0) is 38.0 Å². The second kappa shape index (κ2) is 8.19. The molecule has 0 radical (unpaired) electrons. The van der Waals surface area contributed by atoms with Crippen LogP contribution in [0.4, 0.5) is 0 Å². The molecule has 0 spiro atoms. The summed E-state index contributed by atoms with van der Waals surface area (Å²) in [7, 11) is 0. The molecule has 2 N–H and O–H groups in total. The first-order valence-electron chi connectivity index (χ1n) is 6.74. The monoisotopic (exact) mass is 279 g/mol. The Morgan fingerprint density at radius 1 is 1.40 bits per heavy atom. The molecule has 1 rings (SSSR count). The van der Waals surface area contributed by atoms with Gasteiger partial charge in [-0.25, -0.2) is 0 Å². The van der Waals surface area contributed by atoms with Crippen molar-refractivity contribution in [3.8, 4) is 0 Å². The van der Waals surface area contributed by atoms with Crippen molar-refractivity contribution in [3.63, 3.8) is 0 Å². The number of nitrogens with one attached hydrogen (secondary N) is 1. The first-order chi connectivity index (χ1) is 9.49. The third kappa shape index (κ3) is 6.22. The fraction of sp³-hybridized carbons (Fsp3) is 0.467. The van der Waals surface area contributed by atoms with Gasteiger partial charge in [0.15, 0.2) is 0 Å². The van der Waals surface area contributed by atoms with Gasteiger partial charge in [-0.3, -0.25) is 9.59 Å². The lowest BCUT2D eigenvalue weighted by Gasteiger charge is -2.13. The number of carboxylic acids is 1. The number of hydrogen-bond acceptors (Lipinski definition) is 3. The predicted octanol–water partition coefficient (Wildman–Crippen LogP) is 2.69. The molecule has 1 heterocycles. The highest BCUT2D eigenvalue weighted by molar-refractivity contribution is 5.91. The second-order valence-corrected chi connectivity index (χ2v) is 4.93. The maximum absolute atomic E-state index is 11.6. The Hall–Kier alpha value is -2.04. The van der Waals surface area contributed by atoms with Gasteiger partial charge in [0.2, 0.25) is 5.91 Å². The minimum absolute atomic E-state index is 0.0183. The van der Waals surface area contributed by atoms with E-state index < -0.39 is 5.97 Å². The zero-order valence-electron chi connectivity index (χ0n) is 11.8. The molecule has 0 aromatic carbocycles. The Bertz CT molecular complexity index is 450. The van der Waals surface area contributed by atoms with Crippen LogP contribution in [-0.2, 0) is 9.59 Å². The van der Waals surface area contributed by atoms with Crippen LogP contribution in [0.15, 0.2) is 28.9 Å². The molecule has 0 aliphatic rings. The maximum Gasteiger partial charge on any atom is 0.306 e. The van der Waals surface area contributed by atoms with Gasteiger partial charge >= 0.3 is 5.97 Å². The van der Waals surface area contributed by atoms with Gasteiger partial charge in [0.25, 0.3) is 0 Å². The summed E-state index contributed by atoms with van der Waals surface area (Å²) in [5.74, 6) is -0.664. The van der Waals surface area contributed by atoms with E-state index in [4.69, 9.17) is 9.52 Å². The largest absolute Gasteiger partial charge is 0.481 e. The van der Waals surface area contributed by atoms with Gasteiger partial charge in [-0.2, -0.15) is 0 Å². The predicted molar refractivity (Wildman–Crippen MR) is 76.0 cm³/mol. The van der Waals surface area contributed by atoms with E-state index in [0.717, 1.165) is 12.8 Å². The van der Waals surface area contributed by atoms with Crippen molar-refractivity contribution in [3.05, 3.63) is 30.2 Å². The molecule has 1 amide bonds. The highest BCUT2D eigenvalue weighted by Crippen LogP contribution is 2.09. The first kappa shape index (κ1) is 16.0. The standard InChI is InChI=1S/C15H21NO4/c1-11(15(18)19)5-3-6-12(2)16-14(17)9-8-13-7-4-10-20-13/h4,7-12H,3,5-6H2,1-2H3,(H,16,17)(H,18,19). The van der Waals surface area contributed by atoms with Crippen LogP contribution in [0, 0.1) is 5.92 Å². The Labute approximate surface area is 118 Å². The van der Waals surface area contributed by atoms with E-state index in [0.29, 0.717) is 12.2 Å². The number of carbonyl (C=O) groups is 2. The lowest BCUT2D eigenvalue weighted by molar-refractivity contribution is -0.141. The molecule has 0 saturated heterocycles. The third-order valence-electron chi connectivity index (χ3n) is 3.03. The van der Waals surface area contributed by atoms with Crippen LogP contribution in [0.3, 0.4) is 0 Å². The number of carbonyl (C=O) groups excluding carboxylic acids is 1. The van der Waals surface area contributed by atoms with Crippen molar-refractivity contribution in [2.75, 3.05) is 0 Å². The normalized spacial score (nSPS) is 14.1. The minimum atomic E-state index is -0.775. The number of rotatable bonds is 8. The van der Waals surface area contributed by atoms with E-state index in [1.807, 2.05) is 6.92 Å². The summed E-state index contributed by atoms with van der Waals surface area (Å²) in [5, 5.41) is 11.6. The van der Waals surface area contributed by atoms with Crippen LogP contribution in [0.2, 0.25) is 0 Å². The van der Waals surface area contributed by atoms with Crippen LogP contribution in [0.5, 0.6) is 0 Å². The number of furan rings is 1. The first-order valence-corrected chi connectivity index (χ1v) is 6.74. The molecule has 2 unspecified atom stereocenters. The topological polar surface area (TPSA) is 79.5 Å². The molecular formula is C15H21NO4. The van der Waals surface area contributed by atoms with E-state index in [-0.39, 0.29) is 17.9 Å². The van der Waals surface area contributed by atoms with Crippen LogP contribution in [-0.4, -0.2) is 23.0 Å². The zero-order valence-corrected chi connectivity index (χ0v) is 11.8. The molecule has 1 aromatic heterocycles. The van der Waals surface area contributed by atoms with Crippen LogP contribution < -0.4 is 5.32 Å². The Morgan fingerprint density at radius 3 is 2.75 bits per heavy atom. The summed E-state index contributed by atoms with van der Waals surface area (Å²) < 4.78 is 5.08. The summed E-state index contributed by atoms with van der Waals surface area (Å²) >= 11 is 0. The highest BCUT2D eigenvalue weighted by atomic mass is 16.4. The number of aliphatic carboxylic acids is 1. The molecule has 0 fully saturated rings. The van der Waals surface area contributed by atoms with Gasteiger partial charge in [-0.15, -0.1) is 0 Å². The molecule has 0 aliphatic carbocycles. The molecule has 20 heavy (non-hydrogen) atoms. The van der Waals surface area contributed by atoms with Gasteiger partial charge in [0.05, 0.1) is 12.2 Å². The Morgan fingerprint density at radius 2 is 2.15 bits per heavy atom. The molecule has 110 valence electrons. The lowest BCUT2D eigenvalue weighted by Crippen LogP contribution is -2.31. The molecule has 0 bridgehead atoms. The van der Waals surface area contributed by atoms with E-state index in [1.54, 1.807) is 31.4 Å². The molecular weight excluding hydrogens is 258 g/mol. The van der Waals surface area contributed by atoms with Crippen LogP contribution >= 0.6 is 0 Å². The summed E-state index contributed by atoms with van der Waals surface area (Å²) in [5.41, 5.74) is 0. The lowest BCUT2D eigenvalue weighted by atomic mass is 10.0. The molecule has 1 aromatic rings. The highest BCUT2D eigenvalue weighted by Gasteiger charge is 2.11. The zero-order chi connectivity index (χ0) is 15.0. The summed E-state index contributed by atoms with van der Waals surface area (Å²) in [6, 6.07) is 3.54. The average molecular weight is 279 g/mol. The Balaban J connectivity index is 2.23. The summed E-state index contributed by atoms with van der Waals surface area (Å²) in [4.78, 5) is 22.3. The van der Waals surface area contributed by atoms with Gasteiger partial charge in [0.1, 0.15) is 5.76 Å². The fourth-order valence-corrected chi connectivity index (χ4v) is 1.76. The van der Waals surface area contributed by atoms with E-state index in [1.165, 1.54) is 6.08 Å². The van der Waals surface area contributed by atoms with E-state index in [2.05, 4.69) is 5.32 Å². The molecule has 5 nitrogen and oxygen atoms in total. The molecule has 0 saturated carbocycles. The van der Waals surface area contributed by atoms with Crippen molar-refractivity contribution in [2.45, 2.75) is 39.2 Å². The average Bonchev–Trinajstić information content (AvgIpc) is 2.89. The van der Waals surface area contributed by atoms with Gasteiger partial charge < -0.3 is 14.8 Å². The Kier molecular flexibility index (Phi) is 6.56. The smallest absolute Gasteiger partial charge is 0.306 e. The van der Waals surface area contributed by atoms with E-state index >= 15 is 0 Å². The van der Waals surface area contributed by atoms with Gasteiger partial charge in [0, 0.05) is 12.1 Å². The minimum Gasteiger partial charge on any atom is -0.481 e. The maximum atomic E-state index is 11.6. The molecule has 2 atom stereocenters. The SMILES string of the molecule is CC(CCCC(C)C(=O)O)NC(=O)C=Cc1ccco1. The fourth-order valence-electron chi connectivity index (χ4n) is 1.76.